The molecular weight excluding hydrogens is 1510 g/mol. The molecule has 0 radical (unpaired) electrons. The summed E-state index contributed by atoms with van der Waals surface area (Å²) in [6.45, 7) is 7.81. The van der Waals surface area contributed by atoms with Gasteiger partial charge in [-0.25, -0.2) is 8.42 Å². The van der Waals surface area contributed by atoms with Crippen LogP contribution in [0.5, 0.6) is 0 Å². The van der Waals surface area contributed by atoms with Crippen molar-refractivity contribution in [1.82, 2.24) is 0 Å². The topological polar surface area (TPSA) is 227 Å². The van der Waals surface area contributed by atoms with E-state index >= 15 is 0 Å². The van der Waals surface area contributed by atoms with Crippen molar-refractivity contribution in [2.24, 2.45) is 0 Å². The molecule has 10 atom stereocenters. The van der Waals surface area contributed by atoms with E-state index in [1.165, 1.54) is 199 Å². The number of hydrogen-bond donors (Lipinski definition) is 0. The van der Waals surface area contributed by atoms with Gasteiger partial charge in [0.1, 0.15) is 43.7 Å². The normalized spacial score (nSPS) is 19.4. The summed E-state index contributed by atoms with van der Waals surface area (Å²) in [4.78, 5) is 57.8. The third-order valence-corrected chi connectivity index (χ3v) is 23.3. The van der Waals surface area contributed by atoms with Crippen LogP contribution in [0, 0.1) is 0 Å². The van der Waals surface area contributed by atoms with Gasteiger partial charge in [0, 0.05) is 25.7 Å². The third-order valence-electron chi connectivity index (χ3n) is 22.8. The molecule has 3 aromatic rings. The minimum Gasteiger partial charge on any atom is -0.726 e. The fourth-order valence-electron chi connectivity index (χ4n) is 15.8. The Hall–Kier alpha value is -3.83. The molecule has 2 heterocycles. The molecule has 2 fully saturated rings. The summed E-state index contributed by atoms with van der Waals surface area (Å²) in [6.07, 6.45) is 42.7. The summed E-state index contributed by atoms with van der Waals surface area (Å²) in [5, 5.41) is 0. The first-order valence-electron chi connectivity index (χ1n) is 47.1. The summed E-state index contributed by atoms with van der Waals surface area (Å²) in [5.41, 5.74) is 2.16. The van der Waals surface area contributed by atoms with Crippen LogP contribution in [0.15, 0.2) is 91.0 Å². The summed E-state index contributed by atoms with van der Waals surface area (Å²) in [5.74, 6) is -2.26. The second kappa shape index (κ2) is 70.6. The molecule has 662 valence electrons. The van der Waals surface area contributed by atoms with Crippen molar-refractivity contribution in [2.45, 2.75) is 468 Å². The predicted octanol–water partition coefficient (Wildman–Crippen LogP) is 21.9. The Morgan fingerprint density at radius 3 is 0.803 bits per heavy atom. The number of ether oxygens (including phenoxy) is 10. The number of unbranched alkanes of at least 4 members (excludes halogenated alkanes) is 48. The van der Waals surface area contributed by atoms with E-state index in [4.69, 9.17) is 51.6 Å². The smallest absolute Gasteiger partial charge is 0.726 e. The van der Waals surface area contributed by atoms with Crippen molar-refractivity contribution in [2.75, 3.05) is 13.2 Å². The van der Waals surface area contributed by atoms with E-state index in [0.717, 1.165) is 120 Å². The fraction of sp³-hybridized carbons (Fsp3) is 0.773. The molecule has 3 aromatic carbocycles. The maximum absolute atomic E-state index is 14.9. The summed E-state index contributed by atoms with van der Waals surface area (Å²) >= 11 is 0. The van der Waals surface area contributed by atoms with Gasteiger partial charge in [-0.15, -0.1) is 0 Å². The molecule has 0 unspecified atom stereocenters. The SMILES string of the molecule is CCCCCCCCCCCCCCCC(=O)OC[C@H]1O[C@H](O[C@H]2O[C@H](COC(=O)CCCCCCCCCCCCCCC)[C@@H](OCc3ccccc3)[C@H](OCc3ccccc3)[C@H]2OS(=O)(=O)[O-])[C@H](OC(=O)CCCCCCCCCCCCCCC)[C@@H](OC(=O)CCCCCCCCCCCCCCC)[C@@H]1OCc1ccccc1.[Na+]. The van der Waals surface area contributed by atoms with Crippen molar-refractivity contribution < 1.29 is 113 Å². The van der Waals surface area contributed by atoms with Crippen molar-refractivity contribution in [1.29, 1.82) is 0 Å². The molecule has 2 aliphatic heterocycles. The van der Waals surface area contributed by atoms with Crippen LogP contribution in [-0.4, -0.2) is 111 Å². The van der Waals surface area contributed by atoms with Crippen molar-refractivity contribution in [3.63, 3.8) is 0 Å². The van der Waals surface area contributed by atoms with Crippen LogP contribution in [0.4, 0.5) is 0 Å². The first kappa shape index (κ1) is 106. The summed E-state index contributed by atoms with van der Waals surface area (Å²) < 4.78 is 113. The second-order valence-electron chi connectivity index (χ2n) is 33.2. The van der Waals surface area contributed by atoms with Crippen LogP contribution in [0.25, 0.3) is 0 Å². The van der Waals surface area contributed by atoms with Gasteiger partial charge in [0.2, 0.25) is 16.7 Å². The Morgan fingerprint density at radius 2 is 0.530 bits per heavy atom. The molecule has 0 aromatic heterocycles. The van der Waals surface area contributed by atoms with Crippen molar-refractivity contribution in [3.8, 4) is 0 Å². The molecule has 18 nitrogen and oxygen atoms in total. The Bertz CT molecular complexity index is 2970. The number of carbonyl (C=O) groups excluding carboxylic acids is 4. The number of esters is 4. The minimum absolute atomic E-state index is 0. The third kappa shape index (κ3) is 51.8. The van der Waals surface area contributed by atoms with Gasteiger partial charge in [0.15, 0.2) is 24.6 Å². The Morgan fingerprint density at radius 1 is 0.299 bits per heavy atom. The van der Waals surface area contributed by atoms with Gasteiger partial charge < -0.3 is 51.9 Å². The Kier molecular flexibility index (Phi) is 63.6. The maximum Gasteiger partial charge on any atom is 1.00 e. The van der Waals surface area contributed by atoms with Crippen LogP contribution in [-0.2, 0) is 101 Å². The van der Waals surface area contributed by atoms with E-state index < -0.39 is 109 Å². The quantitative estimate of drug-likeness (QED) is 0.0128. The molecule has 0 aliphatic carbocycles. The van der Waals surface area contributed by atoms with E-state index in [2.05, 4.69) is 27.7 Å². The molecular formula is C97H159NaO18S. The van der Waals surface area contributed by atoms with E-state index in [1.807, 2.05) is 91.0 Å². The van der Waals surface area contributed by atoms with Crippen LogP contribution in [0.2, 0.25) is 0 Å². The van der Waals surface area contributed by atoms with Gasteiger partial charge in [0.05, 0.1) is 19.8 Å². The van der Waals surface area contributed by atoms with Crippen LogP contribution in [0.3, 0.4) is 0 Å². The molecule has 5 rings (SSSR count). The average Bonchev–Trinajstić information content (AvgIpc) is 0.766. The maximum atomic E-state index is 14.9. The van der Waals surface area contributed by atoms with Crippen molar-refractivity contribution in [3.05, 3.63) is 108 Å². The van der Waals surface area contributed by atoms with Gasteiger partial charge in [0.25, 0.3) is 0 Å². The predicted molar refractivity (Wildman–Crippen MR) is 461 cm³/mol. The zero-order chi connectivity index (χ0) is 82.8. The summed E-state index contributed by atoms with van der Waals surface area (Å²) in [7, 11) is -5.68. The van der Waals surface area contributed by atoms with Crippen LogP contribution >= 0.6 is 0 Å². The van der Waals surface area contributed by atoms with Crippen LogP contribution < -0.4 is 29.6 Å². The molecule has 0 N–H and O–H groups in total. The molecule has 0 amide bonds. The molecule has 0 spiro atoms. The average molecular weight is 1670 g/mol. The fourth-order valence-corrected chi connectivity index (χ4v) is 16.3. The number of hydrogen-bond acceptors (Lipinski definition) is 18. The van der Waals surface area contributed by atoms with Gasteiger partial charge in [-0.1, -0.05) is 427 Å². The van der Waals surface area contributed by atoms with Gasteiger partial charge in [-0.05, 0) is 42.4 Å². The molecule has 0 bridgehead atoms. The number of rotatable bonds is 75. The Labute approximate surface area is 732 Å². The van der Waals surface area contributed by atoms with Crippen LogP contribution in [0.1, 0.15) is 404 Å². The van der Waals surface area contributed by atoms with Gasteiger partial charge >= 0.3 is 53.4 Å². The minimum atomic E-state index is -5.68. The van der Waals surface area contributed by atoms with E-state index in [9.17, 15) is 32.1 Å². The first-order valence-corrected chi connectivity index (χ1v) is 48.4. The summed E-state index contributed by atoms with van der Waals surface area (Å²) in [6, 6.07) is 27.8. The Balaban J connectivity index is 0.0000288. The van der Waals surface area contributed by atoms with Gasteiger partial charge in [-0.3, -0.25) is 23.4 Å². The van der Waals surface area contributed by atoms with E-state index in [-0.39, 0.29) is 75.1 Å². The zero-order valence-corrected chi connectivity index (χ0v) is 76.6. The number of carbonyl (C=O) groups is 4. The second-order valence-corrected chi connectivity index (χ2v) is 34.2. The molecule has 2 aliphatic rings. The van der Waals surface area contributed by atoms with Crippen molar-refractivity contribution >= 4 is 34.3 Å². The molecule has 20 heteroatoms. The van der Waals surface area contributed by atoms with E-state index in [1.54, 1.807) is 0 Å². The first-order chi connectivity index (χ1) is 56.8. The largest absolute Gasteiger partial charge is 1.00 e. The molecule has 117 heavy (non-hydrogen) atoms. The number of benzene rings is 3. The van der Waals surface area contributed by atoms with E-state index in [0.29, 0.717) is 31.2 Å². The monoisotopic (exact) mass is 1670 g/mol. The molecule has 0 saturated carbocycles. The van der Waals surface area contributed by atoms with Gasteiger partial charge in [-0.2, -0.15) is 0 Å². The standard InChI is InChI=1S/C97H160O18S.Na/c1-5-9-13-17-21-25-29-33-37-41-45-49-62-72-86(98)105-79-84-90(107-76-81-66-56-53-57-67-81)92(109-78-83-70-60-55-61-71-83)95(115-116(102,103)104)97(111-84)114-96-94(113-89(101)75-65-52-48-44-40-36-32-28-24-20-16-12-8-4)93(112-88(100)74-64-51-47-43-39-35-31-27-23-19-15-11-7-3)91(108-77-82-68-58-54-59-69-82)85(110-96)80-106-87(99)73-63-50-46-42-38-34-30-26-22-18-14-10-6-2;/h53-61,66-71,84-85,90-97H,5-52,62-65,72-80H2,1-4H3,(H,102,103,104);/q;+1/p-1/t84-,85-,90-,91-,92+,93+,94-,95-,96-,97-;/m1./s1. The zero-order valence-electron chi connectivity index (χ0n) is 73.8. The molecule has 2 saturated heterocycles.